The van der Waals surface area contributed by atoms with Crippen molar-refractivity contribution < 1.29 is 14.3 Å². The van der Waals surface area contributed by atoms with Gasteiger partial charge in [0.25, 0.3) is 0 Å². The first kappa shape index (κ1) is 12.6. The third-order valence-electron chi connectivity index (χ3n) is 3.43. The first-order chi connectivity index (χ1) is 9.20. The molecule has 0 saturated carbocycles. The van der Waals surface area contributed by atoms with Crippen molar-refractivity contribution in [1.82, 2.24) is 10.2 Å². The molecule has 0 radical (unpaired) electrons. The molecule has 2 heterocycles. The fourth-order valence-corrected chi connectivity index (χ4v) is 2.90. The van der Waals surface area contributed by atoms with Crippen LogP contribution in [-0.2, 0) is 9.53 Å². The first-order valence-electron chi connectivity index (χ1n) is 6.08. The summed E-state index contributed by atoms with van der Waals surface area (Å²) in [7, 11) is 0. The predicted octanol–water partition coefficient (Wildman–Crippen LogP) is 1.44. The Morgan fingerprint density at radius 2 is 2.05 bits per heavy atom. The third-order valence-corrected chi connectivity index (χ3v) is 4.15. The van der Waals surface area contributed by atoms with E-state index in [1.54, 1.807) is 4.90 Å². The molecule has 0 aliphatic carbocycles. The first-order valence-corrected chi connectivity index (χ1v) is 7.20. The fraction of sp³-hybridized carbons (Fsp3) is 0.385. The zero-order valence-electron chi connectivity index (χ0n) is 10.1. The molecule has 5 nitrogen and oxygen atoms in total. The van der Waals surface area contributed by atoms with Gasteiger partial charge in [-0.1, -0.05) is 46.3 Å². The molecule has 2 saturated heterocycles. The summed E-state index contributed by atoms with van der Waals surface area (Å²) in [4.78, 5) is 25.5. The number of nitrogens with one attached hydrogen (secondary N) is 1. The molecular formula is C13H13BrN2O3. The molecule has 0 spiro atoms. The highest BCUT2D eigenvalue weighted by atomic mass is 79.9. The molecule has 2 aliphatic heterocycles. The standard InChI is InChI=1S/C13H13BrN2O3/c14-6-9-7-16-12(19-9)10(11(17)15-13(16)18)8-4-2-1-3-5-8/h1-5,9-10,12H,6-7H2,(H,15,17,18)/t9-,10-,12-/m0/s1. The second-order valence-corrected chi connectivity index (χ2v) is 5.29. The number of carbonyl (C=O) groups excluding carboxylic acids is 2. The molecular weight excluding hydrogens is 312 g/mol. The molecule has 2 aliphatic rings. The SMILES string of the molecule is O=C1NC(=O)N2C[C@H](CBr)O[C@H]2[C@H]1c1ccccc1. The van der Waals surface area contributed by atoms with Crippen LogP contribution in [0, 0.1) is 0 Å². The van der Waals surface area contributed by atoms with Crippen LogP contribution in [0.2, 0.25) is 0 Å². The van der Waals surface area contributed by atoms with Crippen LogP contribution in [0.4, 0.5) is 4.79 Å². The van der Waals surface area contributed by atoms with Gasteiger partial charge in [-0.2, -0.15) is 0 Å². The maximum Gasteiger partial charge on any atom is 0.326 e. The third kappa shape index (κ3) is 2.15. The molecule has 0 aromatic heterocycles. The van der Waals surface area contributed by atoms with Crippen LogP contribution in [0.1, 0.15) is 11.5 Å². The molecule has 19 heavy (non-hydrogen) atoms. The Kier molecular flexibility index (Phi) is 3.28. The predicted molar refractivity (Wildman–Crippen MR) is 71.9 cm³/mol. The summed E-state index contributed by atoms with van der Waals surface area (Å²) in [5.74, 6) is -0.768. The lowest BCUT2D eigenvalue weighted by molar-refractivity contribution is -0.129. The lowest BCUT2D eigenvalue weighted by Crippen LogP contribution is -2.56. The largest absolute Gasteiger partial charge is 0.351 e. The van der Waals surface area contributed by atoms with Crippen molar-refractivity contribution in [3.05, 3.63) is 35.9 Å². The van der Waals surface area contributed by atoms with Gasteiger partial charge >= 0.3 is 6.03 Å². The van der Waals surface area contributed by atoms with Crippen molar-refractivity contribution in [2.45, 2.75) is 18.2 Å². The van der Waals surface area contributed by atoms with Gasteiger partial charge in [-0.3, -0.25) is 15.0 Å². The number of ether oxygens (including phenoxy) is 1. The molecule has 0 bridgehead atoms. The number of imide groups is 1. The summed E-state index contributed by atoms with van der Waals surface area (Å²) < 4.78 is 5.82. The van der Waals surface area contributed by atoms with Crippen LogP contribution in [-0.4, -0.2) is 41.0 Å². The molecule has 3 amide bonds. The highest BCUT2D eigenvalue weighted by molar-refractivity contribution is 9.09. The molecule has 3 atom stereocenters. The number of hydrogen-bond donors (Lipinski definition) is 1. The summed E-state index contributed by atoms with van der Waals surface area (Å²) in [5, 5.41) is 3.04. The summed E-state index contributed by atoms with van der Waals surface area (Å²) in [6.07, 6.45) is -0.584. The molecule has 6 heteroatoms. The van der Waals surface area contributed by atoms with E-state index < -0.39 is 12.1 Å². The fourth-order valence-electron chi connectivity index (χ4n) is 2.54. The summed E-state index contributed by atoms with van der Waals surface area (Å²) >= 11 is 3.35. The smallest absolute Gasteiger partial charge is 0.326 e. The van der Waals surface area contributed by atoms with Crippen molar-refractivity contribution in [2.24, 2.45) is 0 Å². The molecule has 1 N–H and O–H groups in total. The van der Waals surface area contributed by atoms with Gasteiger partial charge in [-0.15, -0.1) is 0 Å². The molecule has 2 fully saturated rings. The topological polar surface area (TPSA) is 58.6 Å². The van der Waals surface area contributed by atoms with Gasteiger partial charge in [-0.25, -0.2) is 4.79 Å². The summed E-state index contributed by atoms with van der Waals surface area (Å²) in [5.41, 5.74) is 0.859. The van der Waals surface area contributed by atoms with Gasteiger partial charge in [0, 0.05) is 5.33 Å². The van der Waals surface area contributed by atoms with Gasteiger partial charge in [-0.05, 0) is 5.56 Å². The zero-order valence-corrected chi connectivity index (χ0v) is 11.7. The van der Waals surface area contributed by atoms with E-state index in [2.05, 4.69) is 21.2 Å². The Morgan fingerprint density at radius 3 is 2.74 bits per heavy atom. The maximum atomic E-state index is 12.1. The van der Waals surface area contributed by atoms with Crippen molar-refractivity contribution >= 4 is 27.9 Å². The highest BCUT2D eigenvalue weighted by Gasteiger charge is 2.48. The number of halogens is 1. The van der Waals surface area contributed by atoms with Crippen LogP contribution in [0.15, 0.2) is 30.3 Å². The van der Waals surface area contributed by atoms with Crippen LogP contribution in [0.5, 0.6) is 0 Å². The number of rotatable bonds is 2. The molecule has 3 rings (SSSR count). The number of alkyl halides is 1. The van der Waals surface area contributed by atoms with E-state index in [1.165, 1.54) is 0 Å². The van der Waals surface area contributed by atoms with Crippen LogP contribution < -0.4 is 5.32 Å². The van der Waals surface area contributed by atoms with E-state index in [0.717, 1.165) is 5.56 Å². The minimum Gasteiger partial charge on any atom is -0.351 e. The van der Waals surface area contributed by atoms with Crippen LogP contribution in [0.25, 0.3) is 0 Å². The molecule has 1 aromatic rings. The van der Waals surface area contributed by atoms with Crippen LogP contribution in [0.3, 0.4) is 0 Å². The van der Waals surface area contributed by atoms with Crippen molar-refractivity contribution in [1.29, 1.82) is 0 Å². The Labute approximate surface area is 119 Å². The Morgan fingerprint density at radius 1 is 1.32 bits per heavy atom. The number of benzene rings is 1. The van der Waals surface area contributed by atoms with Crippen molar-refractivity contribution in [2.75, 3.05) is 11.9 Å². The van der Waals surface area contributed by atoms with E-state index in [4.69, 9.17) is 4.74 Å². The second kappa shape index (κ2) is 4.94. The number of carbonyl (C=O) groups is 2. The lowest BCUT2D eigenvalue weighted by atomic mass is 9.94. The second-order valence-electron chi connectivity index (χ2n) is 4.64. The average molecular weight is 325 g/mol. The molecule has 100 valence electrons. The highest BCUT2D eigenvalue weighted by Crippen LogP contribution is 2.33. The summed E-state index contributed by atoms with van der Waals surface area (Å²) in [6, 6.07) is 9.03. The quantitative estimate of drug-likeness (QED) is 0.837. The van der Waals surface area contributed by atoms with Gasteiger partial charge in [0.2, 0.25) is 5.91 Å². The molecule has 1 aromatic carbocycles. The van der Waals surface area contributed by atoms with Crippen LogP contribution >= 0.6 is 15.9 Å². The van der Waals surface area contributed by atoms with Gasteiger partial charge in [0.15, 0.2) is 0 Å². The Hall–Kier alpha value is -1.40. The van der Waals surface area contributed by atoms with E-state index in [9.17, 15) is 9.59 Å². The van der Waals surface area contributed by atoms with E-state index in [-0.39, 0.29) is 18.0 Å². The molecule has 0 unspecified atom stereocenters. The van der Waals surface area contributed by atoms with Gasteiger partial charge < -0.3 is 4.74 Å². The van der Waals surface area contributed by atoms with E-state index in [0.29, 0.717) is 11.9 Å². The lowest BCUT2D eigenvalue weighted by Gasteiger charge is -2.34. The zero-order chi connectivity index (χ0) is 13.4. The number of amides is 3. The van der Waals surface area contributed by atoms with Gasteiger partial charge in [0.05, 0.1) is 12.6 Å². The van der Waals surface area contributed by atoms with Crippen molar-refractivity contribution in [3.63, 3.8) is 0 Å². The normalized spacial score (nSPS) is 30.2. The van der Waals surface area contributed by atoms with Gasteiger partial charge in [0.1, 0.15) is 12.1 Å². The average Bonchev–Trinajstić information content (AvgIpc) is 2.84. The minimum atomic E-state index is -0.508. The number of urea groups is 1. The van der Waals surface area contributed by atoms with E-state index >= 15 is 0 Å². The van der Waals surface area contributed by atoms with Crippen molar-refractivity contribution in [3.8, 4) is 0 Å². The number of hydrogen-bond acceptors (Lipinski definition) is 3. The maximum absolute atomic E-state index is 12.1. The number of nitrogens with zero attached hydrogens (tertiary/aromatic N) is 1. The Bertz CT molecular complexity index is 508. The monoisotopic (exact) mass is 324 g/mol. The minimum absolute atomic E-state index is 0.0761. The Balaban J connectivity index is 1.94. The van der Waals surface area contributed by atoms with E-state index in [1.807, 2.05) is 30.3 Å². The number of fused-ring (bicyclic) bond motifs is 1. The summed E-state index contributed by atoms with van der Waals surface area (Å²) in [6.45, 7) is 0.498.